The van der Waals surface area contributed by atoms with Gasteiger partial charge >= 0.3 is 0 Å². The van der Waals surface area contributed by atoms with E-state index >= 15 is 0 Å². The first-order chi connectivity index (χ1) is 10.7. The van der Waals surface area contributed by atoms with Gasteiger partial charge in [0.15, 0.2) is 0 Å². The summed E-state index contributed by atoms with van der Waals surface area (Å²) in [6.45, 7) is 0. The summed E-state index contributed by atoms with van der Waals surface area (Å²) < 4.78 is 5.12. The van der Waals surface area contributed by atoms with E-state index in [1.165, 1.54) is 7.11 Å². The minimum atomic E-state index is -0.844. The first-order valence-electron chi connectivity index (χ1n) is 6.92. The molecule has 0 spiro atoms. The average Bonchev–Trinajstić information content (AvgIpc) is 2.54. The Balaban J connectivity index is 1.91. The Hall–Kier alpha value is -2.66. The SMILES string of the molecule is CO[C@@H](CC(=O)Nc1ccccc1)C(=O)Nc1ccccc1. The third-order valence-electron chi connectivity index (χ3n) is 3.05. The number of para-hydroxylation sites is 2. The van der Waals surface area contributed by atoms with E-state index in [1.54, 1.807) is 24.3 Å². The van der Waals surface area contributed by atoms with Gasteiger partial charge < -0.3 is 15.4 Å². The van der Waals surface area contributed by atoms with Crippen molar-refractivity contribution in [2.24, 2.45) is 0 Å². The van der Waals surface area contributed by atoms with Gasteiger partial charge in [-0.15, -0.1) is 0 Å². The second kappa shape index (κ2) is 7.95. The van der Waals surface area contributed by atoms with Crippen LogP contribution in [0.1, 0.15) is 6.42 Å². The highest BCUT2D eigenvalue weighted by Gasteiger charge is 2.21. The molecule has 0 aromatic heterocycles. The van der Waals surface area contributed by atoms with E-state index in [2.05, 4.69) is 10.6 Å². The molecule has 114 valence electrons. The number of ether oxygens (including phenoxy) is 1. The van der Waals surface area contributed by atoms with Crippen molar-refractivity contribution in [1.82, 2.24) is 0 Å². The van der Waals surface area contributed by atoms with Crippen LogP contribution >= 0.6 is 0 Å². The van der Waals surface area contributed by atoms with Crippen LogP contribution in [0, 0.1) is 0 Å². The quantitative estimate of drug-likeness (QED) is 0.861. The number of benzene rings is 2. The van der Waals surface area contributed by atoms with Crippen molar-refractivity contribution >= 4 is 23.2 Å². The van der Waals surface area contributed by atoms with Crippen LogP contribution in [0.5, 0.6) is 0 Å². The second-order valence-electron chi connectivity index (χ2n) is 4.70. The number of carbonyl (C=O) groups excluding carboxylic acids is 2. The molecule has 2 aromatic carbocycles. The molecule has 2 amide bonds. The van der Waals surface area contributed by atoms with Gasteiger partial charge in [0.25, 0.3) is 5.91 Å². The lowest BCUT2D eigenvalue weighted by Gasteiger charge is -2.15. The van der Waals surface area contributed by atoms with Crippen molar-refractivity contribution < 1.29 is 14.3 Å². The molecule has 0 unspecified atom stereocenters. The molecule has 5 nitrogen and oxygen atoms in total. The lowest BCUT2D eigenvalue weighted by Crippen LogP contribution is -2.33. The molecule has 0 saturated carbocycles. The first-order valence-corrected chi connectivity index (χ1v) is 6.92. The number of hydrogen-bond donors (Lipinski definition) is 2. The third-order valence-corrected chi connectivity index (χ3v) is 3.05. The maximum atomic E-state index is 12.1. The van der Waals surface area contributed by atoms with Crippen LogP contribution in [0.2, 0.25) is 0 Å². The van der Waals surface area contributed by atoms with Crippen LogP contribution in [0.15, 0.2) is 60.7 Å². The molecule has 0 radical (unpaired) electrons. The highest BCUT2D eigenvalue weighted by molar-refractivity contribution is 5.99. The van der Waals surface area contributed by atoms with Gasteiger partial charge in [-0.05, 0) is 24.3 Å². The molecule has 0 heterocycles. The van der Waals surface area contributed by atoms with Crippen LogP contribution in [0.4, 0.5) is 11.4 Å². The predicted octanol–water partition coefficient (Wildman–Crippen LogP) is 2.67. The lowest BCUT2D eigenvalue weighted by molar-refractivity contribution is -0.130. The largest absolute Gasteiger partial charge is 0.371 e. The normalized spacial score (nSPS) is 11.5. The summed E-state index contributed by atoms with van der Waals surface area (Å²) >= 11 is 0. The molecular weight excluding hydrogens is 280 g/mol. The Morgan fingerprint density at radius 3 is 1.91 bits per heavy atom. The van der Waals surface area contributed by atoms with E-state index in [0.29, 0.717) is 11.4 Å². The summed E-state index contributed by atoms with van der Waals surface area (Å²) in [5, 5.41) is 5.44. The molecule has 5 heteroatoms. The zero-order valence-electron chi connectivity index (χ0n) is 12.3. The van der Waals surface area contributed by atoms with Crippen molar-refractivity contribution in [2.75, 3.05) is 17.7 Å². The van der Waals surface area contributed by atoms with Crippen LogP contribution in [-0.4, -0.2) is 25.0 Å². The maximum Gasteiger partial charge on any atom is 0.254 e. The van der Waals surface area contributed by atoms with E-state index in [4.69, 9.17) is 4.74 Å². The van der Waals surface area contributed by atoms with E-state index in [-0.39, 0.29) is 18.2 Å². The zero-order chi connectivity index (χ0) is 15.8. The molecule has 1 atom stereocenters. The summed E-state index contributed by atoms with van der Waals surface area (Å²) in [7, 11) is 1.41. The number of hydrogen-bond acceptors (Lipinski definition) is 3. The highest BCUT2D eigenvalue weighted by atomic mass is 16.5. The summed E-state index contributed by atoms with van der Waals surface area (Å²) in [6, 6.07) is 18.1. The van der Waals surface area contributed by atoms with Crippen molar-refractivity contribution in [3.8, 4) is 0 Å². The number of nitrogens with one attached hydrogen (secondary N) is 2. The van der Waals surface area contributed by atoms with E-state index < -0.39 is 6.10 Å². The number of amides is 2. The summed E-state index contributed by atoms with van der Waals surface area (Å²) in [4.78, 5) is 24.1. The molecule has 0 aliphatic carbocycles. The molecule has 0 aliphatic heterocycles. The minimum Gasteiger partial charge on any atom is -0.371 e. The topological polar surface area (TPSA) is 67.4 Å². The van der Waals surface area contributed by atoms with Crippen LogP contribution in [0.25, 0.3) is 0 Å². The lowest BCUT2D eigenvalue weighted by atomic mass is 10.2. The Bertz CT molecular complexity index is 614. The highest BCUT2D eigenvalue weighted by Crippen LogP contribution is 2.10. The standard InChI is InChI=1S/C17H18N2O3/c1-22-15(17(21)19-14-10-6-3-7-11-14)12-16(20)18-13-8-4-2-5-9-13/h2-11,15H,12H2,1H3,(H,18,20)(H,19,21)/t15-/m0/s1. The monoisotopic (exact) mass is 298 g/mol. The summed E-state index contributed by atoms with van der Waals surface area (Å²) in [5.41, 5.74) is 1.35. The minimum absolute atomic E-state index is 0.0515. The average molecular weight is 298 g/mol. The van der Waals surface area contributed by atoms with Gasteiger partial charge in [-0.1, -0.05) is 36.4 Å². The summed E-state index contributed by atoms with van der Waals surface area (Å²) in [6.07, 6.45) is -0.895. The third kappa shape index (κ3) is 4.71. The fourth-order valence-corrected chi connectivity index (χ4v) is 1.93. The summed E-state index contributed by atoms with van der Waals surface area (Å²) in [5.74, 6) is -0.627. The fraction of sp³-hybridized carbons (Fsp3) is 0.176. The molecule has 2 aromatic rings. The number of anilines is 2. The molecule has 0 saturated heterocycles. The molecular formula is C17H18N2O3. The maximum absolute atomic E-state index is 12.1. The van der Waals surface area contributed by atoms with Crippen molar-refractivity contribution in [3.63, 3.8) is 0 Å². The smallest absolute Gasteiger partial charge is 0.254 e. The van der Waals surface area contributed by atoms with Crippen LogP contribution in [0.3, 0.4) is 0 Å². The van der Waals surface area contributed by atoms with E-state index in [1.807, 2.05) is 36.4 Å². The number of rotatable bonds is 6. The van der Waals surface area contributed by atoms with Crippen LogP contribution in [-0.2, 0) is 14.3 Å². The Labute approximate surface area is 129 Å². The molecule has 0 fully saturated rings. The fourth-order valence-electron chi connectivity index (χ4n) is 1.93. The second-order valence-corrected chi connectivity index (χ2v) is 4.70. The van der Waals surface area contributed by atoms with E-state index in [0.717, 1.165) is 0 Å². The van der Waals surface area contributed by atoms with Crippen LogP contribution < -0.4 is 10.6 Å². The molecule has 0 bridgehead atoms. The van der Waals surface area contributed by atoms with Gasteiger partial charge in [-0.2, -0.15) is 0 Å². The van der Waals surface area contributed by atoms with Crippen molar-refractivity contribution in [1.29, 1.82) is 0 Å². The van der Waals surface area contributed by atoms with Gasteiger partial charge in [0.2, 0.25) is 5.91 Å². The van der Waals surface area contributed by atoms with Gasteiger partial charge in [0.05, 0.1) is 6.42 Å². The number of carbonyl (C=O) groups is 2. The van der Waals surface area contributed by atoms with Crippen molar-refractivity contribution in [3.05, 3.63) is 60.7 Å². The predicted molar refractivity (Wildman–Crippen MR) is 85.6 cm³/mol. The van der Waals surface area contributed by atoms with E-state index in [9.17, 15) is 9.59 Å². The Morgan fingerprint density at radius 1 is 0.909 bits per heavy atom. The first kappa shape index (κ1) is 15.7. The number of methoxy groups -OCH3 is 1. The molecule has 22 heavy (non-hydrogen) atoms. The Kier molecular flexibility index (Phi) is 5.68. The molecule has 2 N–H and O–H groups in total. The van der Waals surface area contributed by atoms with Gasteiger partial charge in [-0.3, -0.25) is 9.59 Å². The zero-order valence-corrected chi connectivity index (χ0v) is 12.3. The van der Waals surface area contributed by atoms with Gasteiger partial charge in [0.1, 0.15) is 6.10 Å². The van der Waals surface area contributed by atoms with Gasteiger partial charge in [-0.25, -0.2) is 0 Å². The molecule has 2 rings (SSSR count). The van der Waals surface area contributed by atoms with Gasteiger partial charge in [0, 0.05) is 18.5 Å². The molecule has 0 aliphatic rings. The van der Waals surface area contributed by atoms with Crippen molar-refractivity contribution in [2.45, 2.75) is 12.5 Å². The Morgan fingerprint density at radius 2 is 1.41 bits per heavy atom.